The van der Waals surface area contributed by atoms with Crippen molar-refractivity contribution >= 4 is 27.8 Å². The van der Waals surface area contributed by atoms with Crippen molar-refractivity contribution in [1.82, 2.24) is 4.90 Å². The summed E-state index contributed by atoms with van der Waals surface area (Å²) in [5, 5.41) is 10.3. The van der Waals surface area contributed by atoms with Crippen LogP contribution in [0.3, 0.4) is 0 Å². The third-order valence-corrected chi connectivity index (χ3v) is 5.36. The Labute approximate surface area is 167 Å². The topological polar surface area (TPSA) is 92.9 Å². The Morgan fingerprint density at radius 2 is 2.04 bits per heavy atom. The standard InChI is InChI=1S/C20H25BrN2O4/c1-20(2,3)27-15(24)9-8-14(17(22)11-4-5-11)23-10-12-6-7-13(21)18(25)16(12)19(23)26/h6-7,14,25H,4-5,8-10,22H2,1-3H3. The molecule has 2 aliphatic rings. The lowest BCUT2D eigenvalue weighted by Crippen LogP contribution is -2.40. The van der Waals surface area contributed by atoms with E-state index in [1.807, 2.05) is 26.8 Å². The van der Waals surface area contributed by atoms with E-state index < -0.39 is 5.60 Å². The van der Waals surface area contributed by atoms with Gasteiger partial charge in [0.1, 0.15) is 11.4 Å². The number of allylic oxidation sites excluding steroid dienone is 1. The summed E-state index contributed by atoms with van der Waals surface area (Å²) < 4.78 is 5.87. The summed E-state index contributed by atoms with van der Waals surface area (Å²) in [6, 6.07) is 3.17. The summed E-state index contributed by atoms with van der Waals surface area (Å²) in [4.78, 5) is 26.8. The van der Waals surface area contributed by atoms with E-state index in [0.717, 1.165) is 24.0 Å². The molecule has 1 aliphatic carbocycles. The highest BCUT2D eigenvalue weighted by atomic mass is 79.9. The zero-order valence-electron chi connectivity index (χ0n) is 15.8. The Bertz CT molecular complexity index is 820. The molecule has 6 nitrogen and oxygen atoms in total. The summed E-state index contributed by atoms with van der Waals surface area (Å²) in [7, 11) is 0. The van der Waals surface area contributed by atoms with Gasteiger partial charge in [-0.25, -0.2) is 0 Å². The van der Waals surface area contributed by atoms with Crippen LogP contribution in [-0.4, -0.2) is 33.5 Å². The smallest absolute Gasteiger partial charge is 0.306 e. The maximum atomic E-state index is 13.0. The lowest BCUT2D eigenvalue weighted by Gasteiger charge is -2.29. The van der Waals surface area contributed by atoms with Crippen molar-refractivity contribution in [2.45, 2.75) is 64.6 Å². The Kier molecular flexibility index (Phi) is 5.25. The quantitative estimate of drug-likeness (QED) is 0.687. The van der Waals surface area contributed by atoms with Gasteiger partial charge in [-0.1, -0.05) is 6.07 Å². The van der Waals surface area contributed by atoms with Crippen molar-refractivity contribution in [3.05, 3.63) is 39.0 Å². The minimum Gasteiger partial charge on any atom is -0.506 e. The first-order valence-corrected chi connectivity index (χ1v) is 9.88. The predicted octanol–water partition coefficient (Wildman–Crippen LogP) is 3.61. The summed E-state index contributed by atoms with van der Waals surface area (Å²) >= 11 is 3.26. The molecule has 1 aromatic rings. The molecule has 0 spiro atoms. The van der Waals surface area contributed by atoms with Crippen LogP contribution in [0.25, 0.3) is 0 Å². The summed E-state index contributed by atoms with van der Waals surface area (Å²) in [6.07, 6.45) is 2.43. The second-order valence-electron chi connectivity index (χ2n) is 8.06. The third kappa shape index (κ3) is 4.29. The summed E-state index contributed by atoms with van der Waals surface area (Å²) in [6.45, 7) is 5.83. The lowest BCUT2D eigenvalue weighted by molar-refractivity contribution is -0.155. The fraction of sp³-hybridized carbons (Fsp3) is 0.500. The molecule has 7 heteroatoms. The Morgan fingerprint density at radius 3 is 2.63 bits per heavy atom. The number of nitrogens with two attached hydrogens (primary N) is 1. The van der Waals surface area contributed by atoms with Crippen LogP contribution in [0.2, 0.25) is 0 Å². The molecular formula is C20H25BrN2O4. The van der Waals surface area contributed by atoms with Crippen molar-refractivity contribution in [2.24, 2.45) is 5.73 Å². The molecule has 1 aliphatic heterocycles. The largest absolute Gasteiger partial charge is 0.506 e. The average molecular weight is 437 g/mol. The number of rotatable bonds is 5. The Balaban J connectivity index is 1.81. The van der Waals surface area contributed by atoms with Crippen LogP contribution in [0.1, 0.15) is 62.4 Å². The second-order valence-corrected chi connectivity index (χ2v) is 8.92. The number of ether oxygens (including phenoxy) is 1. The Hall–Kier alpha value is -2.02. The minimum atomic E-state index is -0.551. The van der Waals surface area contributed by atoms with Crippen molar-refractivity contribution < 1.29 is 19.4 Å². The van der Waals surface area contributed by atoms with Crippen LogP contribution in [0.5, 0.6) is 5.75 Å². The van der Waals surface area contributed by atoms with E-state index in [0.29, 0.717) is 28.7 Å². The van der Waals surface area contributed by atoms with Crippen LogP contribution < -0.4 is 5.73 Å². The van der Waals surface area contributed by atoms with Gasteiger partial charge >= 0.3 is 5.97 Å². The molecule has 0 aromatic heterocycles. The number of hydrogen-bond donors (Lipinski definition) is 2. The summed E-state index contributed by atoms with van der Waals surface area (Å²) in [5.41, 5.74) is 8.66. The van der Waals surface area contributed by atoms with Gasteiger partial charge in [0.05, 0.1) is 16.1 Å². The highest BCUT2D eigenvalue weighted by Crippen LogP contribution is 2.39. The second kappa shape index (κ2) is 7.19. The van der Waals surface area contributed by atoms with Crippen molar-refractivity contribution in [2.75, 3.05) is 0 Å². The SMILES string of the molecule is CC(C)(C)OC(=O)CCC(C(N)=C1CC1)N1Cc2ccc(Br)c(O)c2C1=O. The van der Waals surface area contributed by atoms with E-state index in [9.17, 15) is 14.7 Å². The van der Waals surface area contributed by atoms with Crippen molar-refractivity contribution in [3.8, 4) is 5.75 Å². The normalized spacial score (nSPS) is 17.0. The third-order valence-electron chi connectivity index (χ3n) is 4.72. The van der Waals surface area contributed by atoms with Crippen LogP contribution in [0, 0.1) is 0 Å². The number of carbonyl (C=O) groups excluding carboxylic acids is 2. The van der Waals surface area contributed by atoms with Gasteiger partial charge < -0.3 is 20.5 Å². The van der Waals surface area contributed by atoms with E-state index in [4.69, 9.17) is 10.5 Å². The number of esters is 1. The van der Waals surface area contributed by atoms with Gasteiger partial charge in [0.2, 0.25) is 0 Å². The van der Waals surface area contributed by atoms with Crippen molar-refractivity contribution in [1.29, 1.82) is 0 Å². The number of amides is 1. The van der Waals surface area contributed by atoms with Gasteiger partial charge in [-0.2, -0.15) is 0 Å². The Morgan fingerprint density at radius 1 is 1.37 bits per heavy atom. The number of aromatic hydroxyl groups is 1. The first-order valence-electron chi connectivity index (χ1n) is 9.09. The maximum absolute atomic E-state index is 13.0. The minimum absolute atomic E-state index is 0.0523. The van der Waals surface area contributed by atoms with Crippen LogP contribution in [0.15, 0.2) is 27.9 Å². The molecular weight excluding hydrogens is 412 g/mol. The molecule has 0 radical (unpaired) electrons. The molecule has 3 N–H and O–H groups in total. The maximum Gasteiger partial charge on any atom is 0.306 e. The fourth-order valence-electron chi connectivity index (χ4n) is 3.34. The summed E-state index contributed by atoms with van der Waals surface area (Å²) in [5.74, 6) is -0.624. The number of phenolic OH excluding ortho intramolecular Hbond substituents is 1. The number of phenols is 1. The molecule has 1 atom stereocenters. The average Bonchev–Trinajstić information content (AvgIpc) is 3.35. The zero-order chi connectivity index (χ0) is 19.9. The van der Waals surface area contributed by atoms with E-state index >= 15 is 0 Å². The van der Waals surface area contributed by atoms with Gasteiger partial charge in [0, 0.05) is 18.7 Å². The molecule has 3 rings (SSSR count). The molecule has 1 amide bonds. The van der Waals surface area contributed by atoms with E-state index in [2.05, 4.69) is 15.9 Å². The predicted molar refractivity (Wildman–Crippen MR) is 105 cm³/mol. The zero-order valence-corrected chi connectivity index (χ0v) is 17.4. The number of benzene rings is 1. The molecule has 1 heterocycles. The van der Waals surface area contributed by atoms with Gasteiger partial charge in [-0.05, 0) is 73.2 Å². The van der Waals surface area contributed by atoms with Crippen LogP contribution >= 0.6 is 15.9 Å². The molecule has 146 valence electrons. The molecule has 1 saturated carbocycles. The van der Waals surface area contributed by atoms with Crippen LogP contribution in [0.4, 0.5) is 0 Å². The highest BCUT2D eigenvalue weighted by molar-refractivity contribution is 9.10. The van der Waals surface area contributed by atoms with E-state index in [-0.39, 0.29) is 30.1 Å². The van der Waals surface area contributed by atoms with Crippen LogP contribution in [-0.2, 0) is 16.1 Å². The van der Waals surface area contributed by atoms with Gasteiger partial charge in [-0.15, -0.1) is 0 Å². The number of hydrogen-bond acceptors (Lipinski definition) is 5. The number of carbonyl (C=O) groups is 2. The molecule has 1 unspecified atom stereocenters. The first kappa shape index (κ1) is 19.7. The highest BCUT2D eigenvalue weighted by Gasteiger charge is 2.38. The monoisotopic (exact) mass is 436 g/mol. The first-order chi connectivity index (χ1) is 12.6. The van der Waals surface area contributed by atoms with Gasteiger partial charge in [0.25, 0.3) is 5.91 Å². The number of nitrogens with zero attached hydrogens (tertiary/aromatic N) is 1. The molecule has 27 heavy (non-hydrogen) atoms. The molecule has 0 saturated heterocycles. The fourth-order valence-corrected chi connectivity index (χ4v) is 3.67. The van der Waals surface area contributed by atoms with Gasteiger partial charge in [-0.3, -0.25) is 9.59 Å². The van der Waals surface area contributed by atoms with Crippen molar-refractivity contribution in [3.63, 3.8) is 0 Å². The number of halogens is 1. The molecule has 0 bridgehead atoms. The van der Waals surface area contributed by atoms with Gasteiger partial charge in [0.15, 0.2) is 0 Å². The number of fused-ring (bicyclic) bond motifs is 1. The lowest BCUT2D eigenvalue weighted by atomic mass is 10.0. The molecule has 1 fully saturated rings. The molecule has 1 aromatic carbocycles. The van der Waals surface area contributed by atoms with E-state index in [1.165, 1.54) is 0 Å². The van der Waals surface area contributed by atoms with E-state index in [1.54, 1.807) is 11.0 Å².